The standard InChI is InChI=1S/C35H35F3IN3O3S/c1-24(45-30-13-11-25-7-2-3-8-27(25)33(30)39)34(43)44-22-21-41-19-17-40(18-20-41)15-6-16-42-28-9-4-5-10-31(28)46-32-14-12-26(23-29(32)42)35(36,37)38/h2-5,7-14,23-24H,6,15-22H2,1H3. The number of hydrogen-bond donors (Lipinski definition) is 0. The van der Waals surface area contributed by atoms with Gasteiger partial charge in [-0.2, -0.15) is 13.2 Å². The van der Waals surface area contributed by atoms with Crippen molar-refractivity contribution in [2.45, 2.75) is 35.4 Å². The predicted molar refractivity (Wildman–Crippen MR) is 184 cm³/mol. The number of carbonyl (C=O) groups is 1. The summed E-state index contributed by atoms with van der Waals surface area (Å²) in [5.41, 5.74) is 0.940. The van der Waals surface area contributed by atoms with Crippen molar-refractivity contribution < 1.29 is 27.4 Å². The lowest BCUT2D eigenvalue weighted by Crippen LogP contribution is -2.48. The van der Waals surface area contributed by atoms with Gasteiger partial charge in [-0.25, -0.2) is 4.79 Å². The van der Waals surface area contributed by atoms with E-state index in [1.54, 1.807) is 13.0 Å². The highest BCUT2D eigenvalue weighted by molar-refractivity contribution is 14.1. The first kappa shape index (κ1) is 32.9. The highest BCUT2D eigenvalue weighted by Crippen LogP contribution is 2.49. The summed E-state index contributed by atoms with van der Waals surface area (Å²) < 4.78 is 53.1. The molecular weight excluding hydrogens is 726 g/mol. The lowest BCUT2D eigenvalue weighted by molar-refractivity contribution is -0.151. The van der Waals surface area contributed by atoms with Crippen LogP contribution in [0.15, 0.2) is 88.7 Å². The van der Waals surface area contributed by atoms with E-state index in [2.05, 4.69) is 32.4 Å². The summed E-state index contributed by atoms with van der Waals surface area (Å²) in [4.78, 5) is 21.2. The van der Waals surface area contributed by atoms with Crippen molar-refractivity contribution in [1.29, 1.82) is 0 Å². The van der Waals surface area contributed by atoms with Crippen LogP contribution < -0.4 is 9.64 Å². The van der Waals surface area contributed by atoms with Crippen LogP contribution in [0.4, 0.5) is 24.5 Å². The van der Waals surface area contributed by atoms with Crippen LogP contribution in [0.3, 0.4) is 0 Å². The number of piperazine rings is 1. The van der Waals surface area contributed by atoms with Crippen LogP contribution >= 0.6 is 34.4 Å². The average Bonchev–Trinajstić information content (AvgIpc) is 3.05. The zero-order valence-corrected chi connectivity index (χ0v) is 28.4. The topological polar surface area (TPSA) is 45.3 Å². The number of hydrogen-bond acceptors (Lipinski definition) is 7. The summed E-state index contributed by atoms with van der Waals surface area (Å²) in [5, 5.41) is 2.20. The van der Waals surface area contributed by atoms with E-state index in [1.165, 1.54) is 23.9 Å². The Kier molecular flexibility index (Phi) is 10.3. The largest absolute Gasteiger partial charge is 0.478 e. The van der Waals surface area contributed by atoms with Crippen molar-refractivity contribution in [3.8, 4) is 5.75 Å². The van der Waals surface area contributed by atoms with Crippen LogP contribution in [0.5, 0.6) is 5.75 Å². The van der Waals surface area contributed by atoms with Crippen LogP contribution in [0.1, 0.15) is 18.9 Å². The molecule has 1 unspecified atom stereocenters. The number of nitrogens with zero attached hydrogens (tertiary/aromatic N) is 3. The maximum atomic E-state index is 13.5. The third-order valence-corrected chi connectivity index (χ3v) is 10.6. The van der Waals surface area contributed by atoms with E-state index in [1.807, 2.05) is 65.6 Å². The van der Waals surface area contributed by atoms with Crippen molar-refractivity contribution >= 4 is 62.5 Å². The lowest BCUT2D eigenvalue weighted by Gasteiger charge is -2.36. The molecule has 0 saturated carbocycles. The van der Waals surface area contributed by atoms with Gasteiger partial charge < -0.3 is 19.3 Å². The second-order valence-electron chi connectivity index (χ2n) is 11.5. The van der Waals surface area contributed by atoms with Gasteiger partial charge in [-0.1, -0.05) is 54.2 Å². The fourth-order valence-corrected chi connectivity index (χ4v) is 7.75. The molecule has 0 aromatic heterocycles. The van der Waals surface area contributed by atoms with Crippen molar-refractivity contribution in [2.24, 2.45) is 0 Å². The molecule has 0 spiro atoms. The van der Waals surface area contributed by atoms with E-state index in [-0.39, 0.29) is 5.97 Å². The van der Waals surface area contributed by atoms with Gasteiger partial charge in [-0.3, -0.25) is 4.90 Å². The molecule has 46 heavy (non-hydrogen) atoms. The second kappa shape index (κ2) is 14.4. The summed E-state index contributed by atoms with van der Waals surface area (Å²) in [7, 11) is 0. The predicted octanol–water partition coefficient (Wildman–Crippen LogP) is 8.08. The number of halogens is 4. The molecule has 1 fully saturated rings. The van der Waals surface area contributed by atoms with Gasteiger partial charge in [-0.15, -0.1) is 0 Å². The van der Waals surface area contributed by atoms with Gasteiger partial charge >= 0.3 is 12.1 Å². The number of anilines is 2. The number of fused-ring (bicyclic) bond motifs is 3. The van der Waals surface area contributed by atoms with Gasteiger partial charge in [0.25, 0.3) is 0 Å². The van der Waals surface area contributed by atoms with E-state index in [4.69, 9.17) is 9.47 Å². The van der Waals surface area contributed by atoms with E-state index in [0.29, 0.717) is 31.1 Å². The first-order valence-corrected chi connectivity index (χ1v) is 17.3. The molecule has 0 aliphatic carbocycles. The van der Waals surface area contributed by atoms with Gasteiger partial charge in [0.1, 0.15) is 12.4 Å². The van der Waals surface area contributed by atoms with Crippen LogP contribution in [0.2, 0.25) is 0 Å². The fraction of sp³-hybridized carbons (Fsp3) is 0.343. The van der Waals surface area contributed by atoms with E-state index in [0.717, 1.165) is 69.0 Å². The Morgan fingerprint density at radius 1 is 0.870 bits per heavy atom. The molecule has 0 bridgehead atoms. The number of carbonyl (C=O) groups excluding carboxylic acids is 1. The molecule has 0 amide bonds. The molecule has 242 valence electrons. The second-order valence-corrected chi connectivity index (χ2v) is 13.6. The van der Waals surface area contributed by atoms with Crippen LogP contribution in [0.25, 0.3) is 10.8 Å². The highest BCUT2D eigenvalue weighted by atomic mass is 127. The minimum Gasteiger partial charge on any atom is -0.478 e. The summed E-state index contributed by atoms with van der Waals surface area (Å²) in [6.45, 7) is 7.63. The van der Waals surface area contributed by atoms with Gasteiger partial charge in [-0.05, 0) is 89.7 Å². The monoisotopic (exact) mass is 761 g/mol. The van der Waals surface area contributed by atoms with Crippen LogP contribution in [-0.2, 0) is 15.7 Å². The number of esters is 1. The molecule has 6 nitrogen and oxygen atoms in total. The Labute approximate surface area is 285 Å². The van der Waals surface area contributed by atoms with Gasteiger partial charge in [0.05, 0.1) is 20.5 Å². The normalized spacial score (nSPS) is 16.2. The summed E-state index contributed by atoms with van der Waals surface area (Å²) >= 11 is 3.76. The molecule has 1 saturated heterocycles. The Morgan fingerprint density at radius 3 is 2.35 bits per heavy atom. The maximum Gasteiger partial charge on any atom is 0.416 e. The van der Waals surface area contributed by atoms with Crippen molar-refractivity contribution in [2.75, 3.05) is 57.3 Å². The van der Waals surface area contributed by atoms with Gasteiger partial charge in [0.15, 0.2) is 6.10 Å². The number of para-hydroxylation sites is 1. The van der Waals surface area contributed by atoms with Gasteiger partial charge in [0, 0.05) is 49.1 Å². The highest BCUT2D eigenvalue weighted by Gasteiger charge is 2.33. The zero-order chi connectivity index (χ0) is 32.3. The quantitative estimate of drug-likeness (QED) is 0.120. The third kappa shape index (κ3) is 7.58. The van der Waals surface area contributed by atoms with Crippen molar-refractivity contribution in [3.05, 3.63) is 88.0 Å². The van der Waals surface area contributed by atoms with Gasteiger partial charge in [0.2, 0.25) is 0 Å². The Morgan fingerprint density at radius 2 is 1.57 bits per heavy atom. The summed E-state index contributed by atoms with van der Waals surface area (Å²) in [6, 6.07) is 23.9. The fourth-order valence-electron chi connectivity index (χ4n) is 5.87. The molecule has 2 aliphatic rings. The Balaban J connectivity index is 0.946. The number of rotatable bonds is 10. The summed E-state index contributed by atoms with van der Waals surface area (Å²) in [6.07, 6.45) is -4.28. The number of benzene rings is 4. The first-order valence-electron chi connectivity index (χ1n) is 15.4. The minimum absolute atomic E-state index is 0.299. The molecule has 2 heterocycles. The lowest BCUT2D eigenvalue weighted by atomic mass is 10.1. The Bertz CT molecular complexity index is 1700. The molecule has 11 heteroatoms. The zero-order valence-electron chi connectivity index (χ0n) is 25.4. The average molecular weight is 762 g/mol. The maximum absolute atomic E-state index is 13.5. The molecule has 0 radical (unpaired) electrons. The van der Waals surface area contributed by atoms with Crippen LogP contribution in [-0.4, -0.2) is 74.3 Å². The number of ether oxygens (including phenoxy) is 2. The van der Waals surface area contributed by atoms with Crippen LogP contribution in [0, 0.1) is 3.57 Å². The smallest absolute Gasteiger partial charge is 0.416 e. The first-order chi connectivity index (χ1) is 22.2. The molecule has 4 aromatic rings. The third-order valence-electron chi connectivity index (χ3n) is 8.39. The number of alkyl halides is 3. The minimum atomic E-state index is -4.39. The molecule has 4 aromatic carbocycles. The van der Waals surface area contributed by atoms with E-state index in [9.17, 15) is 18.0 Å². The van der Waals surface area contributed by atoms with E-state index < -0.39 is 17.8 Å². The van der Waals surface area contributed by atoms with E-state index >= 15 is 0 Å². The molecule has 1 atom stereocenters. The van der Waals surface area contributed by atoms with Crippen molar-refractivity contribution in [3.63, 3.8) is 0 Å². The summed E-state index contributed by atoms with van der Waals surface area (Å²) in [5.74, 6) is 0.280. The molecule has 0 N–H and O–H groups in total. The molecule has 2 aliphatic heterocycles. The Hall–Kier alpha value is -3.00. The SMILES string of the molecule is CC(Oc1ccc2ccccc2c1I)C(=O)OCCN1CCN(CCCN2c3ccccc3Sc3ccc(C(F)(F)F)cc32)CC1. The van der Waals surface area contributed by atoms with Crippen molar-refractivity contribution in [1.82, 2.24) is 9.80 Å². The molecule has 6 rings (SSSR count). The molecular formula is C35H35F3IN3O3S.